The van der Waals surface area contributed by atoms with Gasteiger partial charge in [-0.25, -0.2) is 0 Å². The minimum atomic E-state index is -0.0556. The number of hydrogen-bond acceptors (Lipinski definition) is 4. The van der Waals surface area contributed by atoms with E-state index in [-0.39, 0.29) is 30.4 Å². The summed E-state index contributed by atoms with van der Waals surface area (Å²) in [5.74, 6) is 0.132. The summed E-state index contributed by atoms with van der Waals surface area (Å²) in [6.45, 7) is 4.41. The van der Waals surface area contributed by atoms with E-state index in [2.05, 4.69) is 22.5 Å². The quantitative estimate of drug-likeness (QED) is 0.0832. The Morgan fingerprint density at radius 1 is 0.450 bits per heavy atom. The fraction of sp³-hybridized carbons (Fsp3) is 0.912. The zero-order chi connectivity index (χ0) is 29.5. The lowest BCUT2D eigenvalue weighted by atomic mass is 10.0. The largest absolute Gasteiger partial charge is 0.356 e. The van der Waals surface area contributed by atoms with Crippen LogP contribution in [0.5, 0.6) is 0 Å². The molecule has 0 saturated carbocycles. The number of rotatable bonds is 31. The molecule has 0 heterocycles. The Morgan fingerprint density at radius 2 is 0.850 bits per heavy atom. The van der Waals surface area contributed by atoms with Crippen LogP contribution in [0, 0.1) is 0 Å². The molecule has 0 radical (unpaired) electrons. The van der Waals surface area contributed by atoms with Gasteiger partial charge < -0.3 is 15.5 Å². The Balaban J connectivity index is 3.32. The first kappa shape index (κ1) is 38.6. The fourth-order valence-electron chi connectivity index (χ4n) is 5.06. The molecule has 0 bridgehead atoms. The lowest BCUT2D eigenvalue weighted by molar-refractivity contribution is -0.125. The second-order valence-electron chi connectivity index (χ2n) is 12.1. The van der Waals surface area contributed by atoms with E-state index in [0.29, 0.717) is 32.4 Å². The molecule has 0 aromatic carbocycles. The van der Waals surface area contributed by atoms with Crippen LogP contribution in [0.3, 0.4) is 0 Å². The van der Waals surface area contributed by atoms with Gasteiger partial charge in [-0.15, -0.1) is 0 Å². The van der Waals surface area contributed by atoms with Crippen LogP contribution in [0.2, 0.25) is 0 Å². The molecule has 236 valence electrons. The van der Waals surface area contributed by atoms with Gasteiger partial charge >= 0.3 is 0 Å². The maximum atomic E-state index is 12.0. The van der Waals surface area contributed by atoms with Crippen molar-refractivity contribution in [1.29, 1.82) is 0 Å². The van der Waals surface area contributed by atoms with Crippen LogP contribution >= 0.6 is 0 Å². The van der Waals surface area contributed by atoms with E-state index in [9.17, 15) is 14.4 Å². The highest BCUT2D eigenvalue weighted by molar-refractivity contribution is 5.84. The summed E-state index contributed by atoms with van der Waals surface area (Å²) in [7, 11) is 4.01. The highest BCUT2D eigenvalue weighted by atomic mass is 16.2. The van der Waals surface area contributed by atoms with Crippen LogP contribution in [0.4, 0.5) is 0 Å². The van der Waals surface area contributed by atoms with Crippen LogP contribution in [0.1, 0.15) is 167 Å². The molecule has 0 atom stereocenters. The third-order valence-corrected chi connectivity index (χ3v) is 7.70. The van der Waals surface area contributed by atoms with Crippen molar-refractivity contribution < 1.29 is 14.4 Å². The Hall–Kier alpha value is -1.43. The van der Waals surface area contributed by atoms with Gasteiger partial charge in [0, 0.05) is 38.8 Å². The van der Waals surface area contributed by atoms with E-state index < -0.39 is 0 Å². The number of unbranched alkanes of at least 4 members (excludes halogenated alkanes) is 18. The summed E-state index contributed by atoms with van der Waals surface area (Å²) in [6, 6.07) is 0. The van der Waals surface area contributed by atoms with Crippen LogP contribution in [0.25, 0.3) is 0 Å². The topological polar surface area (TPSA) is 78.5 Å². The normalized spacial score (nSPS) is 11.2. The van der Waals surface area contributed by atoms with E-state index in [1.54, 1.807) is 0 Å². The van der Waals surface area contributed by atoms with Crippen molar-refractivity contribution in [3.05, 3.63) is 0 Å². The molecule has 2 amide bonds. The number of Topliss-reactive ketones (excluding diaryl/α,β-unsaturated/α-hetero) is 1. The smallest absolute Gasteiger partial charge is 0.220 e. The molecule has 0 aromatic rings. The van der Waals surface area contributed by atoms with Crippen LogP contribution < -0.4 is 10.6 Å². The molecular weight excluding hydrogens is 498 g/mol. The monoisotopic (exact) mass is 566 g/mol. The predicted molar refractivity (Wildman–Crippen MR) is 171 cm³/mol. The minimum absolute atomic E-state index is 0.0556. The minimum Gasteiger partial charge on any atom is -0.356 e. The molecule has 0 aromatic heterocycles. The number of nitrogens with zero attached hydrogens (tertiary/aromatic N) is 1. The second-order valence-corrected chi connectivity index (χ2v) is 12.1. The third kappa shape index (κ3) is 31.1. The lowest BCUT2D eigenvalue weighted by Crippen LogP contribution is -2.27. The summed E-state index contributed by atoms with van der Waals surface area (Å²) in [6.07, 6.45) is 28.8. The molecule has 6 heteroatoms. The van der Waals surface area contributed by atoms with E-state index in [4.69, 9.17) is 0 Å². The van der Waals surface area contributed by atoms with Gasteiger partial charge in [0.15, 0.2) is 0 Å². The average molecular weight is 566 g/mol. The number of carbonyl (C=O) groups excluding carboxylic acids is 3. The van der Waals surface area contributed by atoms with Crippen molar-refractivity contribution in [3.63, 3.8) is 0 Å². The van der Waals surface area contributed by atoms with Gasteiger partial charge in [-0.1, -0.05) is 122 Å². The van der Waals surface area contributed by atoms with Gasteiger partial charge in [0.25, 0.3) is 0 Å². The molecule has 6 nitrogen and oxygen atoms in total. The zero-order valence-electron chi connectivity index (χ0n) is 27.0. The molecule has 0 aliphatic heterocycles. The Bertz CT molecular complexity index is 595. The highest BCUT2D eigenvalue weighted by Crippen LogP contribution is 2.14. The van der Waals surface area contributed by atoms with E-state index >= 15 is 0 Å². The van der Waals surface area contributed by atoms with Crippen LogP contribution in [-0.4, -0.2) is 56.2 Å². The Kier molecular flexibility index (Phi) is 29.4. The molecule has 0 unspecified atom stereocenters. The molecule has 2 N–H and O–H groups in total. The van der Waals surface area contributed by atoms with E-state index in [0.717, 1.165) is 25.8 Å². The Labute approximate surface area is 248 Å². The van der Waals surface area contributed by atoms with Gasteiger partial charge in [-0.05, 0) is 39.9 Å². The van der Waals surface area contributed by atoms with E-state index in [1.165, 1.54) is 109 Å². The number of amides is 2. The van der Waals surface area contributed by atoms with Gasteiger partial charge in [0.05, 0.1) is 0 Å². The summed E-state index contributed by atoms with van der Waals surface area (Å²) >= 11 is 0. The lowest BCUT2D eigenvalue weighted by Gasteiger charge is -2.09. The summed E-state index contributed by atoms with van der Waals surface area (Å²) in [5, 5.41) is 5.79. The van der Waals surface area contributed by atoms with Crippen molar-refractivity contribution in [3.8, 4) is 0 Å². The number of hydrogen-bond donors (Lipinski definition) is 2. The van der Waals surface area contributed by atoms with E-state index in [1.807, 2.05) is 14.1 Å². The van der Waals surface area contributed by atoms with Crippen molar-refractivity contribution in [2.24, 2.45) is 0 Å². The van der Waals surface area contributed by atoms with Crippen molar-refractivity contribution in [1.82, 2.24) is 15.5 Å². The molecule has 40 heavy (non-hydrogen) atoms. The first-order chi connectivity index (χ1) is 19.5. The summed E-state index contributed by atoms with van der Waals surface area (Å²) in [4.78, 5) is 37.8. The van der Waals surface area contributed by atoms with Crippen molar-refractivity contribution in [2.75, 3.05) is 33.7 Å². The predicted octanol–water partition coefficient (Wildman–Crippen LogP) is 8.12. The molecule has 0 fully saturated rings. The molecule has 0 spiro atoms. The van der Waals surface area contributed by atoms with Gasteiger partial charge in [0.1, 0.15) is 5.78 Å². The Morgan fingerprint density at radius 3 is 1.30 bits per heavy atom. The number of nitrogens with one attached hydrogen (secondary N) is 2. The fourth-order valence-corrected chi connectivity index (χ4v) is 5.06. The molecule has 0 rings (SSSR count). The number of carbonyl (C=O) groups is 3. The molecule has 0 saturated heterocycles. The number of ketones is 1. The van der Waals surface area contributed by atoms with Gasteiger partial charge in [0.2, 0.25) is 11.8 Å². The standard InChI is InChI=1S/C34H67N3O3/c1-4-5-6-7-8-9-10-11-12-13-14-15-16-17-18-19-20-21-22-26-33(39)35-29-23-25-32(38)27-28-34(40)36-30-24-31-37(2)3/h4-31H2,1-3H3,(H,35,39)(H,36,40). The summed E-state index contributed by atoms with van der Waals surface area (Å²) in [5.41, 5.74) is 0. The van der Waals surface area contributed by atoms with Crippen LogP contribution in [-0.2, 0) is 14.4 Å². The first-order valence-electron chi connectivity index (χ1n) is 17.2. The van der Waals surface area contributed by atoms with Crippen molar-refractivity contribution in [2.45, 2.75) is 167 Å². The van der Waals surface area contributed by atoms with Gasteiger partial charge in [-0.3, -0.25) is 14.4 Å². The summed E-state index contributed by atoms with van der Waals surface area (Å²) < 4.78 is 0. The zero-order valence-corrected chi connectivity index (χ0v) is 27.0. The maximum absolute atomic E-state index is 12.0. The molecular formula is C34H67N3O3. The SMILES string of the molecule is CCCCCCCCCCCCCCCCCCCCCC(=O)NCCCC(=O)CCC(=O)NCCCN(C)C. The van der Waals surface area contributed by atoms with Crippen molar-refractivity contribution >= 4 is 17.6 Å². The molecule has 0 aliphatic carbocycles. The third-order valence-electron chi connectivity index (χ3n) is 7.70. The van der Waals surface area contributed by atoms with Gasteiger partial charge in [-0.2, -0.15) is 0 Å². The second kappa shape index (κ2) is 30.5. The maximum Gasteiger partial charge on any atom is 0.220 e. The first-order valence-corrected chi connectivity index (χ1v) is 17.2. The average Bonchev–Trinajstić information content (AvgIpc) is 2.93. The highest BCUT2D eigenvalue weighted by Gasteiger charge is 2.07. The van der Waals surface area contributed by atoms with Crippen LogP contribution in [0.15, 0.2) is 0 Å². The molecule has 0 aliphatic rings.